The minimum absolute atomic E-state index is 0.254. The SMILES string of the molecule is CCN1C(N2CCN(CCc3ccccc3)CC2)=NC2C1C(=O)NC(=O)N2C. The van der Waals surface area contributed by atoms with Crippen molar-refractivity contribution in [2.24, 2.45) is 4.99 Å². The number of imide groups is 1. The van der Waals surface area contributed by atoms with Crippen LogP contribution in [0.15, 0.2) is 35.3 Å². The zero-order valence-corrected chi connectivity index (χ0v) is 16.5. The van der Waals surface area contributed by atoms with Gasteiger partial charge in [-0.1, -0.05) is 30.3 Å². The number of nitrogens with zero attached hydrogens (tertiary/aromatic N) is 5. The first-order valence-electron chi connectivity index (χ1n) is 10.0. The average molecular weight is 384 g/mol. The maximum Gasteiger partial charge on any atom is 0.325 e. The van der Waals surface area contributed by atoms with E-state index in [4.69, 9.17) is 4.99 Å². The minimum atomic E-state index is -0.438. The summed E-state index contributed by atoms with van der Waals surface area (Å²) in [4.78, 5) is 37.4. The quantitative estimate of drug-likeness (QED) is 0.814. The lowest BCUT2D eigenvalue weighted by molar-refractivity contribution is -0.127. The first kappa shape index (κ1) is 18.7. The van der Waals surface area contributed by atoms with Gasteiger partial charge in [-0.15, -0.1) is 0 Å². The number of hydrogen-bond acceptors (Lipinski definition) is 6. The predicted octanol–water partition coefficient (Wildman–Crippen LogP) is 0.415. The number of rotatable bonds is 4. The molecule has 1 aromatic rings. The summed E-state index contributed by atoms with van der Waals surface area (Å²) in [5.74, 6) is 0.590. The molecule has 4 rings (SSSR count). The van der Waals surface area contributed by atoms with Gasteiger partial charge in [0.1, 0.15) is 0 Å². The van der Waals surface area contributed by atoms with E-state index in [1.54, 1.807) is 7.05 Å². The molecule has 28 heavy (non-hydrogen) atoms. The Morgan fingerprint density at radius 2 is 1.82 bits per heavy atom. The first-order chi connectivity index (χ1) is 13.6. The van der Waals surface area contributed by atoms with E-state index in [-0.39, 0.29) is 11.9 Å². The zero-order valence-electron chi connectivity index (χ0n) is 16.5. The van der Waals surface area contributed by atoms with Gasteiger partial charge in [0.05, 0.1) is 0 Å². The second kappa shape index (κ2) is 7.79. The van der Waals surface area contributed by atoms with Crippen molar-refractivity contribution in [1.82, 2.24) is 24.9 Å². The van der Waals surface area contributed by atoms with Gasteiger partial charge in [0.25, 0.3) is 5.91 Å². The van der Waals surface area contributed by atoms with Gasteiger partial charge < -0.3 is 14.7 Å². The van der Waals surface area contributed by atoms with Crippen LogP contribution in [0.1, 0.15) is 12.5 Å². The van der Waals surface area contributed by atoms with Crippen LogP contribution in [-0.4, -0.2) is 96.0 Å². The van der Waals surface area contributed by atoms with Gasteiger partial charge in [-0.25, -0.2) is 9.79 Å². The van der Waals surface area contributed by atoms with Crippen molar-refractivity contribution in [2.75, 3.05) is 46.3 Å². The summed E-state index contributed by atoms with van der Waals surface area (Å²) in [6.45, 7) is 7.46. The summed E-state index contributed by atoms with van der Waals surface area (Å²) in [5.41, 5.74) is 1.37. The highest BCUT2D eigenvalue weighted by atomic mass is 16.2. The number of likely N-dealkylation sites (N-methyl/N-ethyl adjacent to an activating group) is 2. The molecule has 1 N–H and O–H groups in total. The van der Waals surface area contributed by atoms with E-state index in [0.717, 1.165) is 45.1 Å². The Balaban J connectivity index is 1.38. The molecule has 2 fully saturated rings. The molecule has 1 aromatic carbocycles. The molecular formula is C20H28N6O2. The van der Waals surface area contributed by atoms with Crippen LogP contribution >= 0.6 is 0 Å². The molecule has 0 bridgehead atoms. The molecule has 3 heterocycles. The fourth-order valence-electron chi connectivity index (χ4n) is 4.22. The van der Waals surface area contributed by atoms with Crippen LogP contribution in [0, 0.1) is 0 Å². The molecule has 0 aromatic heterocycles. The van der Waals surface area contributed by atoms with Gasteiger partial charge in [0.2, 0.25) is 0 Å². The lowest BCUT2D eigenvalue weighted by Crippen LogP contribution is -2.64. The molecule has 3 aliphatic rings. The Morgan fingerprint density at radius 3 is 2.50 bits per heavy atom. The van der Waals surface area contributed by atoms with Crippen molar-refractivity contribution in [3.8, 4) is 0 Å². The van der Waals surface area contributed by atoms with Crippen LogP contribution in [0.3, 0.4) is 0 Å². The van der Waals surface area contributed by atoms with Crippen molar-refractivity contribution in [3.63, 3.8) is 0 Å². The standard InChI is InChI=1S/C20H28N6O2/c1-3-26-16-17(23(2)20(28)22-18(16)27)21-19(26)25-13-11-24(12-14-25)10-9-15-7-5-4-6-8-15/h4-8,16-17H,3,9-14H2,1-2H3,(H,22,27,28). The maximum absolute atomic E-state index is 12.4. The first-order valence-corrected chi connectivity index (χ1v) is 10.0. The number of carbonyl (C=O) groups excluding carboxylic acids is 2. The van der Waals surface area contributed by atoms with Gasteiger partial charge >= 0.3 is 6.03 Å². The third-order valence-corrected chi connectivity index (χ3v) is 5.89. The highest BCUT2D eigenvalue weighted by Gasteiger charge is 2.49. The minimum Gasteiger partial charge on any atom is -0.340 e. The molecule has 2 unspecified atom stereocenters. The molecule has 0 saturated carbocycles. The number of amides is 3. The smallest absolute Gasteiger partial charge is 0.325 e. The molecule has 150 valence electrons. The Labute approximate surface area is 165 Å². The maximum atomic E-state index is 12.4. The Kier molecular flexibility index (Phi) is 5.21. The predicted molar refractivity (Wildman–Crippen MR) is 107 cm³/mol. The summed E-state index contributed by atoms with van der Waals surface area (Å²) < 4.78 is 0. The fraction of sp³-hybridized carbons (Fsp3) is 0.550. The number of fused-ring (bicyclic) bond motifs is 1. The van der Waals surface area contributed by atoms with E-state index in [0.29, 0.717) is 6.54 Å². The van der Waals surface area contributed by atoms with Crippen molar-refractivity contribution in [3.05, 3.63) is 35.9 Å². The largest absolute Gasteiger partial charge is 0.340 e. The van der Waals surface area contributed by atoms with Gasteiger partial charge in [-0.3, -0.25) is 15.0 Å². The highest BCUT2D eigenvalue weighted by Crippen LogP contribution is 2.25. The number of hydrogen-bond donors (Lipinski definition) is 1. The number of benzene rings is 1. The fourth-order valence-corrected chi connectivity index (χ4v) is 4.22. The number of guanidine groups is 1. The van der Waals surface area contributed by atoms with E-state index < -0.39 is 12.2 Å². The summed E-state index contributed by atoms with van der Waals surface area (Å²) >= 11 is 0. The monoisotopic (exact) mass is 384 g/mol. The van der Waals surface area contributed by atoms with Gasteiger partial charge in [0.15, 0.2) is 18.2 Å². The molecule has 3 aliphatic heterocycles. The van der Waals surface area contributed by atoms with Crippen molar-refractivity contribution in [2.45, 2.75) is 25.6 Å². The molecule has 0 radical (unpaired) electrons. The lowest BCUT2D eigenvalue weighted by Gasteiger charge is -2.40. The van der Waals surface area contributed by atoms with E-state index in [1.807, 2.05) is 17.9 Å². The molecule has 2 saturated heterocycles. The van der Waals surface area contributed by atoms with Gasteiger partial charge in [0, 0.05) is 46.3 Å². The summed E-state index contributed by atoms with van der Waals surface area (Å²) in [5, 5.41) is 2.43. The summed E-state index contributed by atoms with van der Waals surface area (Å²) in [7, 11) is 1.70. The lowest BCUT2D eigenvalue weighted by atomic mass is 10.1. The molecule has 2 atom stereocenters. The number of nitrogens with one attached hydrogen (secondary N) is 1. The van der Waals surface area contributed by atoms with Crippen LogP contribution in [0.4, 0.5) is 4.79 Å². The van der Waals surface area contributed by atoms with Gasteiger partial charge in [-0.2, -0.15) is 0 Å². The number of piperazine rings is 1. The molecule has 3 amide bonds. The van der Waals surface area contributed by atoms with Crippen molar-refractivity contribution < 1.29 is 9.59 Å². The third-order valence-electron chi connectivity index (χ3n) is 5.89. The van der Waals surface area contributed by atoms with Crippen LogP contribution in [-0.2, 0) is 11.2 Å². The second-order valence-electron chi connectivity index (χ2n) is 7.54. The number of carbonyl (C=O) groups is 2. The zero-order chi connectivity index (χ0) is 19.7. The second-order valence-corrected chi connectivity index (χ2v) is 7.54. The summed E-state index contributed by atoms with van der Waals surface area (Å²) in [6.07, 6.45) is 0.618. The van der Waals surface area contributed by atoms with E-state index >= 15 is 0 Å². The molecule has 0 aliphatic carbocycles. The number of urea groups is 1. The Hall–Kier alpha value is -2.61. The number of aliphatic imine (C=N–C) groups is 1. The van der Waals surface area contributed by atoms with Crippen LogP contribution in [0.25, 0.3) is 0 Å². The van der Waals surface area contributed by atoms with Gasteiger partial charge in [-0.05, 0) is 18.9 Å². The van der Waals surface area contributed by atoms with E-state index in [1.165, 1.54) is 10.5 Å². The van der Waals surface area contributed by atoms with E-state index in [9.17, 15) is 9.59 Å². The molecule has 0 spiro atoms. The van der Waals surface area contributed by atoms with Crippen molar-refractivity contribution >= 4 is 17.9 Å². The average Bonchev–Trinajstić information content (AvgIpc) is 3.12. The molecule has 8 heteroatoms. The third kappa shape index (κ3) is 3.44. The van der Waals surface area contributed by atoms with Crippen LogP contribution in [0.5, 0.6) is 0 Å². The highest BCUT2D eigenvalue weighted by molar-refractivity contribution is 6.03. The van der Waals surface area contributed by atoms with Crippen LogP contribution < -0.4 is 5.32 Å². The topological polar surface area (TPSA) is 71.5 Å². The molecular weight excluding hydrogens is 356 g/mol. The normalized spacial score (nSPS) is 25.6. The van der Waals surface area contributed by atoms with Crippen molar-refractivity contribution in [1.29, 1.82) is 0 Å². The van der Waals surface area contributed by atoms with Crippen LogP contribution in [0.2, 0.25) is 0 Å². The Morgan fingerprint density at radius 1 is 1.11 bits per heavy atom. The summed E-state index contributed by atoms with van der Waals surface area (Å²) in [6, 6.07) is 9.76. The molecule has 8 nitrogen and oxygen atoms in total. The Bertz CT molecular complexity index is 759. The van der Waals surface area contributed by atoms with E-state index in [2.05, 4.69) is 39.4 Å².